The fraction of sp³-hybridized carbons (Fsp3) is 0.857. The largest absolute Gasteiger partial charge is 0.446 e. The molecule has 0 spiro atoms. The standard InChI is InChI=1S/C21H40F2N4O6/c1-20(2,3)32-18(29)26-12-15(22)11-24-9-7-8-10-25-17(28)31-14-16(23)13-27-19(30)33-21(4,5)6/h15-16,24H,7-14H2,1-6H3,(H,25,28)(H,26,29)(H,27,30). The van der Waals surface area contributed by atoms with Crippen molar-refractivity contribution in [2.75, 3.05) is 39.3 Å². The summed E-state index contributed by atoms with van der Waals surface area (Å²) in [6.45, 7) is 10.1. The van der Waals surface area contributed by atoms with E-state index in [2.05, 4.69) is 21.3 Å². The van der Waals surface area contributed by atoms with Gasteiger partial charge in [0.1, 0.15) is 24.0 Å². The second-order valence-corrected chi connectivity index (χ2v) is 9.40. The van der Waals surface area contributed by atoms with Crippen LogP contribution in [0.25, 0.3) is 0 Å². The van der Waals surface area contributed by atoms with Crippen molar-refractivity contribution in [2.24, 2.45) is 0 Å². The van der Waals surface area contributed by atoms with E-state index >= 15 is 0 Å². The number of alkyl carbamates (subject to hydrolysis) is 3. The first-order chi connectivity index (χ1) is 15.2. The maximum Gasteiger partial charge on any atom is 0.407 e. The lowest BCUT2D eigenvalue weighted by Gasteiger charge is -2.20. The third-order valence-corrected chi connectivity index (χ3v) is 3.54. The quantitative estimate of drug-likeness (QED) is 0.235. The lowest BCUT2D eigenvalue weighted by atomic mass is 10.2. The highest BCUT2D eigenvalue weighted by atomic mass is 19.1. The molecule has 0 aliphatic heterocycles. The van der Waals surface area contributed by atoms with Gasteiger partial charge in [-0.15, -0.1) is 0 Å². The van der Waals surface area contributed by atoms with Gasteiger partial charge in [0.25, 0.3) is 0 Å². The summed E-state index contributed by atoms with van der Waals surface area (Å²) in [6, 6.07) is 0. The van der Waals surface area contributed by atoms with Gasteiger partial charge < -0.3 is 35.5 Å². The Morgan fingerprint density at radius 1 is 0.697 bits per heavy atom. The number of hydrogen-bond acceptors (Lipinski definition) is 7. The molecule has 0 aliphatic rings. The molecule has 0 saturated carbocycles. The van der Waals surface area contributed by atoms with Crippen LogP contribution in [0.15, 0.2) is 0 Å². The van der Waals surface area contributed by atoms with Gasteiger partial charge in [-0.1, -0.05) is 0 Å². The molecule has 12 heteroatoms. The first-order valence-corrected chi connectivity index (χ1v) is 11.0. The normalized spacial score (nSPS) is 13.5. The predicted molar refractivity (Wildman–Crippen MR) is 120 cm³/mol. The Kier molecular flexibility index (Phi) is 14.4. The van der Waals surface area contributed by atoms with Gasteiger partial charge in [-0.3, -0.25) is 0 Å². The number of carbonyl (C=O) groups excluding carboxylic acids is 3. The summed E-state index contributed by atoms with van der Waals surface area (Å²) in [4.78, 5) is 34.4. The van der Waals surface area contributed by atoms with E-state index in [-0.39, 0.29) is 19.6 Å². The van der Waals surface area contributed by atoms with Crippen LogP contribution < -0.4 is 21.3 Å². The molecule has 10 nitrogen and oxygen atoms in total. The van der Waals surface area contributed by atoms with E-state index in [0.717, 1.165) is 0 Å². The van der Waals surface area contributed by atoms with Crippen molar-refractivity contribution < 1.29 is 37.4 Å². The zero-order valence-corrected chi connectivity index (χ0v) is 20.5. The molecule has 0 fully saturated rings. The predicted octanol–water partition coefficient (Wildman–Crippen LogP) is 2.81. The molecule has 0 saturated heterocycles. The zero-order valence-electron chi connectivity index (χ0n) is 20.5. The number of amides is 3. The SMILES string of the molecule is CC(C)(C)OC(=O)NCC(F)CNCCCCNC(=O)OCC(F)CNC(=O)OC(C)(C)C. The van der Waals surface area contributed by atoms with Crippen LogP contribution in [0.1, 0.15) is 54.4 Å². The van der Waals surface area contributed by atoms with Crippen molar-refractivity contribution >= 4 is 18.3 Å². The fourth-order valence-corrected chi connectivity index (χ4v) is 2.19. The van der Waals surface area contributed by atoms with E-state index in [1.807, 2.05) is 0 Å². The molecule has 2 unspecified atom stereocenters. The molecule has 0 bridgehead atoms. The third-order valence-electron chi connectivity index (χ3n) is 3.54. The van der Waals surface area contributed by atoms with Crippen molar-refractivity contribution in [2.45, 2.75) is 77.9 Å². The van der Waals surface area contributed by atoms with Crippen molar-refractivity contribution in [1.82, 2.24) is 21.3 Å². The smallest absolute Gasteiger partial charge is 0.407 e. The number of halogens is 2. The van der Waals surface area contributed by atoms with Crippen LogP contribution in [-0.4, -0.2) is 81.2 Å². The minimum absolute atomic E-state index is 0.0699. The molecular weight excluding hydrogens is 442 g/mol. The summed E-state index contributed by atoms with van der Waals surface area (Å²) in [6.07, 6.45) is -3.73. The summed E-state index contributed by atoms with van der Waals surface area (Å²) < 4.78 is 42.1. The number of ether oxygens (including phenoxy) is 3. The fourth-order valence-electron chi connectivity index (χ4n) is 2.19. The maximum absolute atomic E-state index is 13.7. The van der Waals surface area contributed by atoms with Gasteiger partial charge in [0, 0.05) is 13.1 Å². The number of rotatable bonds is 13. The van der Waals surface area contributed by atoms with Crippen LogP contribution >= 0.6 is 0 Å². The van der Waals surface area contributed by atoms with Gasteiger partial charge in [0.2, 0.25) is 0 Å². The number of carbonyl (C=O) groups is 3. The highest BCUT2D eigenvalue weighted by Gasteiger charge is 2.18. The molecule has 3 amide bonds. The minimum Gasteiger partial charge on any atom is -0.446 e. The molecule has 0 aliphatic carbocycles. The molecule has 0 radical (unpaired) electrons. The highest BCUT2D eigenvalue weighted by Crippen LogP contribution is 2.07. The lowest BCUT2D eigenvalue weighted by Crippen LogP contribution is -2.39. The van der Waals surface area contributed by atoms with Crippen molar-refractivity contribution in [3.05, 3.63) is 0 Å². The highest BCUT2D eigenvalue weighted by molar-refractivity contribution is 5.68. The number of hydrogen-bond donors (Lipinski definition) is 4. The molecule has 0 aromatic rings. The van der Waals surface area contributed by atoms with Crippen LogP contribution in [0.5, 0.6) is 0 Å². The molecule has 33 heavy (non-hydrogen) atoms. The van der Waals surface area contributed by atoms with E-state index < -0.39 is 48.4 Å². The second-order valence-electron chi connectivity index (χ2n) is 9.40. The summed E-state index contributed by atoms with van der Waals surface area (Å²) in [5, 5.41) is 10.0. The minimum atomic E-state index is -1.56. The Balaban J connectivity index is 3.67. The molecule has 0 heterocycles. The molecule has 4 N–H and O–H groups in total. The third kappa shape index (κ3) is 21.2. The summed E-state index contributed by atoms with van der Waals surface area (Å²) in [5.74, 6) is 0. The zero-order chi connectivity index (χ0) is 25.5. The molecule has 0 rings (SSSR count). The van der Waals surface area contributed by atoms with Gasteiger partial charge in [0.05, 0.1) is 13.1 Å². The summed E-state index contributed by atoms with van der Waals surface area (Å²) in [7, 11) is 0. The van der Waals surface area contributed by atoms with E-state index in [0.29, 0.717) is 25.9 Å². The number of nitrogens with one attached hydrogen (secondary N) is 4. The molecule has 194 valence electrons. The summed E-state index contributed by atoms with van der Waals surface area (Å²) >= 11 is 0. The average Bonchev–Trinajstić information content (AvgIpc) is 2.65. The first-order valence-electron chi connectivity index (χ1n) is 11.0. The van der Waals surface area contributed by atoms with Crippen molar-refractivity contribution in [1.29, 1.82) is 0 Å². The molecule has 0 aromatic heterocycles. The Bertz CT molecular complexity index is 596. The second kappa shape index (κ2) is 15.5. The Morgan fingerprint density at radius 2 is 1.18 bits per heavy atom. The number of unbranched alkanes of at least 4 members (excludes halogenated alkanes) is 1. The average molecular weight is 483 g/mol. The van der Waals surface area contributed by atoms with Crippen molar-refractivity contribution in [3.63, 3.8) is 0 Å². The van der Waals surface area contributed by atoms with E-state index in [1.165, 1.54) is 0 Å². The van der Waals surface area contributed by atoms with Gasteiger partial charge in [-0.25, -0.2) is 23.2 Å². The number of alkyl halides is 2. The summed E-state index contributed by atoms with van der Waals surface area (Å²) in [5.41, 5.74) is -1.32. The van der Waals surface area contributed by atoms with E-state index in [1.54, 1.807) is 41.5 Å². The van der Waals surface area contributed by atoms with Crippen LogP contribution in [0, 0.1) is 0 Å². The van der Waals surface area contributed by atoms with Gasteiger partial charge in [-0.05, 0) is 60.9 Å². The Morgan fingerprint density at radius 3 is 1.70 bits per heavy atom. The van der Waals surface area contributed by atoms with Gasteiger partial charge in [-0.2, -0.15) is 0 Å². The van der Waals surface area contributed by atoms with Crippen molar-refractivity contribution in [3.8, 4) is 0 Å². The van der Waals surface area contributed by atoms with E-state index in [4.69, 9.17) is 14.2 Å². The van der Waals surface area contributed by atoms with Gasteiger partial charge >= 0.3 is 18.3 Å². The lowest BCUT2D eigenvalue weighted by molar-refractivity contribution is 0.0491. The Labute approximate surface area is 194 Å². The molecular formula is C21H40F2N4O6. The van der Waals surface area contributed by atoms with Crippen LogP contribution in [-0.2, 0) is 14.2 Å². The Hall–Kier alpha value is -2.37. The first kappa shape index (κ1) is 30.6. The van der Waals surface area contributed by atoms with Gasteiger partial charge in [0.15, 0.2) is 6.17 Å². The topological polar surface area (TPSA) is 127 Å². The molecule has 0 aromatic carbocycles. The van der Waals surface area contributed by atoms with Crippen LogP contribution in [0.3, 0.4) is 0 Å². The molecule has 2 atom stereocenters. The van der Waals surface area contributed by atoms with Crippen LogP contribution in [0.2, 0.25) is 0 Å². The monoisotopic (exact) mass is 482 g/mol. The maximum atomic E-state index is 13.7. The van der Waals surface area contributed by atoms with Crippen LogP contribution in [0.4, 0.5) is 23.2 Å². The van der Waals surface area contributed by atoms with E-state index in [9.17, 15) is 23.2 Å².